The van der Waals surface area contributed by atoms with Crippen molar-refractivity contribution in [2.45, 2.75) is 0 Å². The van der Waals surface area contributed by atoms with Gasteiger partial charge in [-0.25, -0.2) is 0 Å². The number of pyridine rings is 1. The highest BCUT2D eigenvalue weighted by molar-refractivity contribution is 5.97. The Hall–Kier alpha value is -3.81. The highest BCUT2D eigenvalue weighted by Crippen LogP contribution is 2.02. The number of para-hydroxylation sites is 1. The van der Waals surface area contributed by atoms with Crippen LogP contribution in [-0.4, -0.2) is 26.6 Å². The Kier molecular flexibility index (Phi) is 4.61. The molecule has 0 aliphatic heterocycles. The molecular weight excluding hydrogens is 322 g/mol. The van der Waals surface area contributed by atoms with Gasteiger partial charge < -0.3 is 0 Å². The molecule has 2 N–H and O–H groups in total. The quantitative estimate of drug-likeness (QED) is 0.686. The zero-order valence-corrected chi connectivity index (χ0v) is 12.9. The molecule has 0 saturated carbocycles. The summed E-state index contributed by atoms with van der Waals surface area (Å²) in [5, 5.41) is 4.02. The second-order valence-electron chi connectivity index (χ2n) is 4.95. The third-order valence-corrected chi connectivity index (χ3v) is 3.25. The van der Waals surface area contributed by atoms with Crippen LogP contribution in [0, 0.1) is 0 Å². The van der Waals surface area contributed by atoms with Gasteiger partial charge in [-0.1, -0.05) is 18.2 Å². The first-order chi connectivity index (χ1) is 12.1. The number of carbonyl (C=O) groups excluding carboxylic acids is 2. The van der Waals surface area contributed by atoms with E-state index in [-0.39, 0.29) is 11.3 Å². The first kappa shape index (κ1) is 16.1. The number of nitrogens with one attached hydrogen (secondary N) is 2. The molecule has 2 heterocycles. The van der Waals surface area contributed by atoms with Crippen LogP contribution in [0.5, 0.6) is 0 Å². The third kappa shape index (κ3) is 3.75. The lowest BCUT2D eigenvalue weighted by molar-refractivity contribution is 0.0842. The predicted molar refractivity (Wildman–Crippen MR) is 89.0 cm³/mol. The van der Waals surface area contributed by atoms with Crippen LogP contribution in [0.1, 0.15) is 20.8 Å². The lowest BCUT2D eigenvalue weighted by atomic mass is 10.3. The number of carbonyl (C=O) groups is 2. The Labute approximate surface area is 142 Å². The van der Waals surface area contributed by atoms with Crippen molar-refractivity contribution >= 4 is 11.8 Å². The molecule has 124 valence electrons. The van der Waals surface area contributed by atoms with Crippen LogP contribution in [0.2, 0.25) is 0 Å². The van der Waals surface area contributed by atoms with Crippen LogP contribution in [0.4, 0.5) is 0 Å². The first-order valence-electron chi connectivity index (χ1n) is 7.31. The van der Waals surface area contributed by atoms with Gasteiger partial charge in [0.15, 0.2) is 5.69 Å². The van der Waals surface area contributed by atoms with E-state index < -0.39 is 11.8 Å². The summed E-state index contributed by atoms with van der Waals surface area (Å²) < 4.78 is 1.11. The van der Waals surface area contributed by atoms with Crippen LogP contribution in [0.3, 0.4) is 0 Å². The number of amides is 2. The molecule has 1 aromatic carbocycles. The van der Waals surface area contributed by atoms with Crippen LogP contribution in [-0.2, 0) is 0 Å². The van der Waals surface area contributed by atoms with E-state index >= 15 is 0 Å². The maximum absolute atomic E-state index is 12.2. The maximum Gasteiger partial charge on any atom is 0.290 e. The second kappa shape index (κ2) is 7.18. The van der Waals surface area contributed by atoms with Crippen molar-refractivity contribution in [2.24, 2.45) is 0 Å². The molecule has 0 bridgehead atoms. The van der Waals surface area contributed by atoms with Crippen LogP contribution >= 0.6 is 0 Å². The van der Waals surface area contributed by atoms with Crippen LogP contribution < -0.4 is 16.4 Å². The monoisotopic (exact) mass is 335 g/mol. The Morgan fingerprint density at radius 3 is 2.36 bits per heavy atom. The number of hydrogen-bond acceptors (Lipinski definition) is 5. The lowest BCUT2D eigenvalue weighted by Crippen LogP contribution is -2.42. The van der Waals surface area contributed by atoms with Gasteiger partial charge >= 0.3 is 0 Å². The molecule has 0 aliphatic carbocycles. The minimum Gasteiger partial charge on any atom is -0.267 e. The molecule has 2 aromatic heterocycles. The summed E-state index contributed by atoms with van der Waals surface area (Å²) in [4.78, 5) is 39.8. The summed E-state index contributed by atoms with van der Waals surface area (Å²) >= 11 is 0. The summed E-state index contributed by atoms with van der Waals surface area (Å²) in [6.07, 6.45) is 2.90. The molecule has 0 saturated heterocycles. The van der Waals surface area contributed by atoms with Crippen molar-refractivity contribution in [2.75, 3.05) is 0 Å². The summed E-state index contributed by atoms with van der Waals surface area (Å²) in [5.74, 6) is -1.17. The third-order valence-electron chi connectivity index (χ3n) is 3.25. The van der Waals surface area contributed by atoms with Gasteiger partial charge in [-0.2, -0.15) is 9.78 Å². The second-order valence-corrected chi connectivity index (χ2v) is 4.95. The zero-order chi connectivity index (χ0) is 17.6. The van der Waals surface area contributed by atoms with Crippen molar-refractivity contribution in [1.29, 1.82) is 0 Å². The van der Waals surface area contributed by atoms with E-state index in [1.54, 1.807) is 42.5 Å². The number of hydrazine groups is 1. The average molecular weight is 335 g/mol. The molecule has 0 atom stereocenters. The fraction of sp³-hybridized carbons (Fsp3) is 0. The number of rotatable bonds is 3. The van der Waals surface area contributed by atoms with E-state index in [0.29, 0.717) is 11.3 Å². The summed E-state index contributed by atoms with van der Waals surface area (Å²) in [7, 11) is 0. The SMILES string of the molecule is O=C(NNC(=O)c1ccc(=O)n(-c2ccccc2)n1)c1cccnc1. The zero-order valence-electron chi connectivity index (χ0n) is 12.9. The van der Waals surface area contributed by atoms with Crippen LogP contribution in [0.15, 0.2) is 71.8 Å². The Morgan fingerprint density at radius 1 is 0.880 bits per heavy atom. The number of hydrogen-bond donors (Lipinski definition) is 2. The van der Waals surface area contributed by atoms with Gasteiger partial charge in [-0.15, -0.1) is 0 Å². The van der Waals surface area contributed by atoms with Crippen molar-refractivity contribution in [3.8, 4) is 5.69 Å². The molecule has 8 heteroatoms. The van der Waals surface area contributed by atoms with Crippen molar-refractivity contribution in [3.63, 3.8) is 0 Å². The van der Waals surface area contributed by atoms with E-state index in [1.807, 2.05) is 0 Å². The smallest absolute Gasteiger partial charge is 0.267 e. The minimum absolute atomic E-state index is 0.0186. The Balaban J connectivity index is 1.75. The molecule has 0 radical (unpaired) electrons. The summed E-state index contributed by atoms with van der Waals surface area (Å²) in [5.41, 5.74) is 4.95. The highest BCUT2D eigenvalue weighted by atomic mass is 16.2. The van der Waals surface area contributed by atoms with Gasteiger partial charge in [0.05, 0.1) is 11.3 Å². The molecule has 0 spiro atoms. The van der Waals surface area contributed by atoms with E-state index in [0.717, 1.165) is 4.68 Å². The van der Waals surface area contributed by atoms with Crippen molar-refractivity contribution in [1.82, 2.24) is 25.6 Å². The van der Waals surface area contributed by atoms with Gasteiger partial charge in [0, 0.05) is 18.5 Å². The molecule has 2 amide bonds. The van der Waals surface area contributed by atoms with Crippen molar-refractivity contribution in [3.05, 3.63) is 88.6 Å². The fourth-order valence-corrected chi connectivity index (χ4v) is 2.03. The lowest BCUT2D eigenvalue weighted by Gasteiger charge is -2.08. The minimum atomic E-state index is -0.651. The number of aromatic nitrogens is 3. The largest absolute Gasteiger partial charge is 0.290 e. The van der Waals surface area contributed by atoms with E-state index in [4.69, 9.17) is 0 Å². The summed E-state index contributed by atoms with van der Waals surface area (Å²) in [6.45, 7) is 0. The molecular formula is C17H13N5O3. The average Bonchev–Trinajstić information content (AvgIpc) is 2.67. The fourth-order valence-electron chi connectivity index (χ4n) is 2.03. The topological polar surface area (TPSA) is 106 Å². The molecule has 0 aliphatic rings. The Bertz CT molecular complexity index is 955. The van der Waals surface area contributed by atoms with Gasteiger partial charge in [0.25, 0.3) is 17.4 Å². The van der Waals surface area contributed by atoms with Gasteiger partial charge in [0.1, 0.15) is 0 Å². The van der Waals surface area contributed by atoms with E-state index in [2.05, 4.69) is 20.9 Å². The molecule has 0 fully saturated rings. The summed E-state index contributed by atoms with van der Waals surface area (Å²) in [6, 6.07) is 14.4. The van der Waals surface area contributed by atoms with Gasteiger partial charge in [-0.3, -0.25) is 30.2 Å². The molecule has 25 heavy (non-hydrogen) atoms. The molecule has 0 unspecified atom stereocenters. The Morgan fingerprint density at radius 2 is 1.64 bits per heavy atom. The molecule has 3 aromatic rings. The van der Waals surface area contributed by atoms with Gasteiger partial charge in [-0.05, 0) is 30.3 Å². The van der Waals surface area contributed by atoms with Gasteiger partial charge in [0.2, 0.25) is 0 Å². The first-order valence-corrected chi connectivity index (χ1v) is 7.31. The normalized spacial score (nSPS) is 10.1. The highest BCUT2D eigenvalue weighted by Gasteiger charge is 2.12. The van der Waals surface area contributed by atoms with Crippen LogP contribution in [0.25, 0.3) is 5.69 Å². The molecule has 3 rings (SSSR count). The van der Waals surface area contributed by atoms with Crippen molar-refractivity contribution < 1.29 is 9.59 Å². The number of nitrogens with zero attached hydrogens (tertiary/aromatic N) is 3. The predicted octanol–water partition coefficient (Wildman–Crippen LogP) is 0.702. The standard InChI is InChI=1S/C17H13N5O3/c23-15-9-8-14(21-22(15)13-6-2-1-3-7-13)17(25)20-19-16(24)12-5-4-10-18-11-12/h1-11H,(H,19,24)(H,20,25). The van der Waals surface area contributed by atoms with E-state index in [9.17, 15) is 14.4 Å². The molecule has 8 nitrogen and oxygen atoms in total. The van der Waals surface area contributed by atoms with E-state index in [1.165, 1.54) is 24.5 Å². The number of benzene rings is 1. The maximum atomic E-state index is 12.2.